The van der Waals surface area contributed by atoms with Crippen LogP contribution in [0.1, 0.15) is 62.8 Å². The molecule has 46 heavy (non-hydrogen) atoms. The summed E-state index contributed by atoms with van der Waals surface area (Å²) in [7, 11) is 3.14. The van der Waals surface area contributed by atoms with Gasteiger partial charge in [-0.2, -0.15) is 0 Å². The Morgan fingerprint density at radius 2 is 1.70 bits per heavy atom. The van der Waals surface area contributed by atoms with Crippen molar-refractivity contribution in [3.63, 3.8) is 0 Å². The second kappa shape index (κ2) is 15.6. The summed E-state index contributed by atoms with van der Waals surface area (Å²) in [6.07, 6.45) is -0.376. The molecule has 3 N–H and O–H groups in total. The molecule has 3 aromatic carbocycles. The lowest BCUT2D eigenvalue weighted by atomic mass is 9.83. The molecule has 3 aromatic rings. The summed E-state index contributed by atoms with van der Waals surface area (Å²) in [6, 6.07) is 21.9. The molecule has 11 heteroatoms. The zero-order valence-electron chi connectivity index (χ0n) is 27.0. The number of ether oxygens (including phenoxy) is 5. The van der Waals surface area contributed by atoms with Crippen molar-refractivity contribution in [2.45, 2.75) is 63.8 Å². The molecule has 246 valence electrons. The van der Waals surface area contributed by atoms with Crippen LogP contribution >= 0.6 is 0 Å². The number of hydrogen-bond acceptors (Lipinski definition) is 10. The van der Waals surface area contributed by atoms with Crippen LogP contribution in [-0.4, -0.2) is 61.5 Å². The molecule has 1 amide bonds. The topological polar surface area (TPSA) is 137 Å². The van der Waals surface area contributed by atoms with Crippen molar-refractivity contribution in [1.82, 2.24) is 10.9 Å². The molecule has 0 fully saturated rings. The number of aliphatic hydroxyl groups is 1. The van der Waals surface area contributed by atoms with E-state index in [0.29, 0.717) is 35.8 Å². The molecule has 2 atom stereocenters. The van der Waals surface area contributed by atoms with Gasteiger partial charge in [-0.25, -0.2) is 10.4 Å². The highest BCUT2D eigenvalue weighted by Gasteiger charge is 2.53. The Balaban J connectivity index is 1.66. The van der Waals surface area contributed by atoms with Crippen LogP contribution in [0.2, 0.25) is 0 Å². The van der Waals surface area contributed by atoms with Gasteiger partial charge in [0.2, 0.25) is 5.90 Å². The zero-order valence-corrected chi connectivity index (χ0v) is 27.0. The van der Waals surface area contributed by atoms with E-state index in [9.17, 15) is 9.59 Å². The number of methoxy groups -OCH3 is 2. The molecule has 0 unspecified atom stereocenters. The van der Waals surface area contributed by atoms with Crippen molar-refractivity contribution in [3.05, 3.63) is 89.5 Å². The van der Waals surface area contributed by atoms with Gasteiger partial charge in [0.15, 0.2) is 11.6 Å². The van der Waals surface area contributed by atoms with E-state index >= 15 is 0 Å². The number of amides is 1. The Hall–Kier alpha value is -4.61. The highest BCUT2D eigenvalue weighted by molar-refractivity contribution is 6.01. The standard InChI is InChI=1S/C35H43N3O8/c1-34(2,3)46-30(40)18-19-35(33(41)38-36-23-26-14-17-28(42-4)22-29(26)43-5)31(24-10-7-6-8-11-24)45-32(37-35)25-12-15-27(16-13-25)44-21-9-20-39/h6-8,10-17,22,31,36,39H,9,18-21,23H2,1-5H3,(H,38,41)/t31-,35-/m0/s1. The first kappa shape index (κ1) is 34.3. The molecular weight excluding hydrogens is 590 g/mol. The van der Waals surface area contributed by atoms with Gasteiger partial charge in [-0.15, -0.1) is 0 Å². The third kappa shape index (κ3) is 8.76. The largest absolute Gasteiger partial charge is 0.497 e. The predicted octanol–water partition coefficient (Wildman–Crippen LogP) is 4.66. The van der Waals surface area contributed by atoms with E-state index in [1.54, 1.807) is 71.4 Å². The first-order chi connectivity index (χ1) is 22.1. The number of aliphatic imine (C=N–C) groups is 1. The minimum absolute atomic E-state index is 0.0205. The number of benzene rings is 3. The number of nitrogens with one attached hydrogen (secondary N) is 2. The van der Waals surface area contributed by atoms with Crippen LogP contribution in [0.4, 0.5) is 0 Å². The number of carbonyl (C=O) groups excluding carboxylic acids is 2. The monoisotopic (exact) mass is 633 g/mol. The average molecular weight is 634 g/mol. The van der Waals surface area contributed by atoms with Gasteiger partial charge < -0.3 is 28.8 Å². The summed E-state index contributed by atoms with van der Waals surface area (Å²) >= 11 is 0. The highest BCUT2D eigenvalue weighted by Crippen LogP contribution is 2.43. The second-order valence-electron chi connectivity index (χ2n) is 11.8. The van der Waals surface area contributed by atoms with Crippen molar-refractivity contribution >= 4 is 17.8 Å². The highest BCUT2D eigenvalue weighted by atomic mass is 16.6. The first-order valence-corrected chi connectivity index (χ1v) is 15.2. The fourth-order valence-corrected chi connectivity index (χ4v) is 5.01. The number of hydrazine groups is 1. The van der Waals surface area contributed by atoms with Crippen LogP contribution in [-0.2, 0) is 25.6 Å². The number of hydrogen-bond donors (Lipinski definition) is 3. The fourth-order valence-electron chi connectivity index (χ4n) is 5.01. The molecule has 11 nitrogen and oxygen atoms in total. The molecule has 0 radical (unpaired) electrons. The second-order valence-corrected chi connectivity index (χ2v) is 11.8. The summed E-state index contributed by atoms with van der Waals surface area (Å²) < 4.78 is 28.5. The van der Waals surface area contributed by atoms with E-state index in [2.05, 4.69) is 10.9 Å². The van der Waals surface area contributed by atoms with E-state index in [4.69, 9.17) is 33.8 Å². The Morgan fingerprint density at radius 3 is 2.35 bits per heavy atom. The van der Waals surface area contributed by atoms with Crippen LogP contribution in [0.3, 0.4) is 0 Å². The minimum atomic E-state index is -1.53. The molecular formula is C35H43N3O8. The Morgan fingerprint density at radius 1 is 0.978 bits per heavy atom. The molecule has 0 saturated carbocycles. The van der Waals surface area contributed by atoms with Crippen molar-refractivity contribution in [3.8, 4) is 17.2 Å². The van der Waals surface area contributed by atoms with E-state index in [1.807, 2.05) is 36.4 Å². The van der Waals surface area contributed by atoms with Gasteiger partial charge in [-0.1, -0.05) is 36.4 Å². The Labute approximate surface area is 269 Å². The van der Waals surface area contributed by atoms with Crippen LogP contribution in [0.25, 0.3) is 0 Å². The Bertz CT molecular complexity index is 1490. The van der Waals surface area contributed by atoms with Crippen molar-refractivity contribution in [1.29, 1.82) is 0 Å². The van der Waals surface area contributed by atoms with E-state index in [-0.39, 0.29) is 31.9 Å². The number of aliphatic hydroxyl groups excluding tert-OH is 1. The minimum Gasteiger partial charge on any atom is -0.497 e. The van der Waals surface area contributed by atoms with E-state index < -0.39 is 29.1 Å². The zero-order chi connectivity index (χ0) is 33.2. The molecule has 0 saturated heterocycles. The molecule has 0 aromatic heterocycles. The van der Waals surface area contributed by atoms with E-state index in [1.165, 1.54) is 0 Å². The number of nitrogens with zero attached hydrogens (tertiary/aromatic N) is 1. The van der Waals surface area contributed by atoms with Gasteiger partial charge in [0.05, 0.1) is 20.8 Å². The van der Waals surface area contributed by atoms with Crippen LogP contribution in [0.15, 0.2) is 77.8 Å². The van der Waals surface area contributed by atoms with Crippen LogP contribution in [0.5, 0.6) is 17.2 Å². The van der Waals surface area contributed by atoms with E-state index in [0.717, 1.165) is 11.1 Å². The average Bonchev–Trinajstić information content (AvgIpc) is 3.45. The smallest absolute Gasteiger partial charge is 0.306 e. The number of carbonyl (C=O) groups is 2. The molecule has 0 spiro atoms. The van der Waals surface area contributed by atoms with Gasteiger partial charge in [0, 0.05) is 43.2 Å². The van der Waals surface area contributed by atoms with Crippen molar-refractivity contribution < 1.29 is 38.4 Å². The lowest BCUT2D eigenvalue weighted by molar-refractivity contribution is -0.155. The van der Waals surface area contributed by atoms with Gasteiger partial charge in [-0.3, -0.25) is 15.0 Å². The predicted molar refractivity (Wildman–Crippen MR) is 173 cm³/mol. The lowest BCUT2D eigenvalue weighted by Gasteiger charge is -2.31. The van der Waals surface area contributed by atoms with Gasteiger partial charge in [0.25, 0.3) is 5.91 Å². The maximum Gasteiger partial charge on any atom is 0.306 e. The summed E-state index contributed by atoms with van der Waals surface area (Å²) in [6.45, 7) is 6.05. The normalized spacial score (nSPS) is 17.4. The first-order valence-electron chi connectivity index (χ1n) is 15.2. The lowest BCUT2D eigenvalue weighted by Crippen LogP contribution is -2.52. The van der Waals surface area contributed by atoms with Gasteiger partial charge >= 0.3 is 5.97 Å². The van der Waals surface area contributed by atoms with Crippen molar-refractivity contribution in [2.24, 2.45) is 4.99 Å². The Kier molecular flexibility index (Phi) is 11.6. The maximum atomic E-state index is 14.3. The molecule has 0 bridgehead atoms. The molecule has 1 aliphatic rings. The van der Waals surface area contributed by atoms with Crippen molar-refractivity contribution in [2.75, 3.05) is 27.4 Å². The summed E-state index contributed by atoms with van der Waals surface area (Å²) in [5, 5.41) is 9.04. The molecule has 4 rings (SSSR count). The summed E-state index contributed by atoms with van der Waals surface area (Å²) in [4.78, 5) is 32.1. The summed E-state index contributed by atoms with van der Waals surface area (Å²) in [5.74, 6) is 1.20. The fraction of sp³-hybridized carbons (Fsp3) is 0.400. The number of rotatable bonds is 15. The third-order valence-corrected chi connectivity index (χ3v) is 7.24. The number of esters is 1. The quantitative estimate of drug-likeness (QED) is 0.124. The summed E-state index contributed by atoms with van der Waals surface area (Å²) in [5.41, 5.74) is 5.76. The molecule has 1 aliphatic heterocycles. The SMILES string of the molecule is COc1ccc(CNNC(=O)[C@@]2(CCC(=O)OC(C)(C)C)N=C(c3ccc(OCCCO)cc3)O[C@H]2c2ccccc2)c(OC)c1. The van der Waals surface area contributed by atoms with Gasteiger partial charge in [-0.05, 0) is 63.1 Å². The molecule has 0 aliphatic carbocycles. The maximum absolute atomic E-state index is 14.3. The van der Waals surface area contributed by atoms with Crippen LogP contribution < -0.4 is 25.1 Å². The van der Waals surface area contributed by atoms with Gasteiger partial charge in [0.1, 0.15) is 22.8 Å². The molecule has 1 heterocycles. The third-order valence-electron chi connectivity index (χ3n) is 7.24. The van der Waals surface area contributed by atoms with Crippen LogP contribution in [0, 0.1) is 0 Å².